The molecule has 0 heterocycles. The van der Waals surface area contributed by atoms with Crippen molar-refractivity contribution >= 4 is 0 Å². The van der Waals surface area contributed by atoms with Gasteiger partial charge in [-0.15, -0.1) is 0 Å². The molecule has 2 heteroatoms. The van der Waals surface area contributed by atoms with Gasteiger partial charge in [0.15, 0.2) is 0 Å². The number of fused-ring (bicyclic) bond motifs is 1. The molecule has 2 N–H and O–H groups in total. The Hall–Kier alpha value is -0.860. The molecule has 0 amide bonds. The molecular weight excluding hydrogens is 152 g/mol. The van der Waals surface area contributed by atoms with Crippen molar-refractivity contribution < 1.29 is 10.2 Å². The summed E-state index contributed by atoms with van der Waals surface area (Å²) in [5, 5.41) is 18.7. The largest absolute Gasteiger partial charge is 0.390 e. The molecule has 0 spiro atoms. The molecule has 1 aromatic rings. The van der Waals surface area contributed by atoms with E-state index in [1.165, 1.54) is 0 Å². The van der Waals surface area contributed by atoms with Gasteiger partial charge >= 0.3 is 0 Å². The van der Waals surface area contributed by atoms with Crippen LogP contribution in [0.4, 0.5) is 0 Å². The van der Waals surface area contributed by atoms with E-state index in [-0.39, 0.29) is 0 Å². The first-order valence-corrected chi connectivity index (χ1v) is 4.20. The van der Waals surface area contributed by atoms with Crippen LogP contribution in [0.3, 0.4) is 0 Å². The number of hydrogen-bond donors (Lipinski definition) is 2. The maximum Gasteiger partial charge on any atom is 0.0842 e. The van der Waals surface area contributed by atoms with Crippen molar-refractivity contribution in [3.05, 3.63) is 35.4 Å². The van der Waals surface area contributed by atoms with Crippen LogP contribution in [0.1, 0.15) is 11.1 Å². The Balaban J connectivity index is 2.34. The Morgan fingerprint density at radius 1 is 0.917 bits per heavy atom. The van der Waals surface area contributed by atoms with E-state index in [2.05, 4.69) is 0 Å². The Bertz CT molecular complexity index is 254. The van der Waals surface area contributed by atoms with Crippen molar-refractivity contribution in [2.75, 3.05) is 0 Å². The summed E-state index contributed by atoms with van der Waals surface area (Å²) in [6, 6.07) is 7.93. The van der Waals surface area contributed by atoms with Crippen LogP contribution in [0.15, 0.2) is 24.3 Å². The van der Waals surface area contributed by atoms with Crippen LogP contribution >= 0.6 is 0 Å². The van der Waals surface area contributed by atoms with Gasteiger partial charge < -0.3 is 10.2 Å². The van der Waals surface area contributed by atoms with E-state index in [1.54, 1.807) is 0 Å². The second kappa shape index (κ2) is 2.88. The summed E-state index contributed by atoms with van der Waals surface area (Å²) in [5.41, 5.74) is 2.32. The third-order valence-corrected chi connectivity index (χ3v) is 2.42. The van der Waals surface area contributed by atoms with Gasteiger partial charge in [0.2, 0.25) is 0 Å². The fourth-order valence-electron chi connectivity index (χ4n) is 1.68. The monoisotopic (exact) mass is 164 g/mol. The number of hydrogen-bond acceptors (Lipinski definition) is 2. The average molecular weight is 164 g/mol. The maximum atomic E-state index is 9.37. The first kappa shape index (κ1) is 7.77. The highest BCUT2D eigenvalue weighted by atomic mass is 16.3. The van der Waals surface area contributed by atoms with E-state index in [0.717, 1.165) is 11.1 Å². The number of benzene rings is 1. The summed E-state index contributed by atoms with van der Waals surface area (Å²) in [6.45, 7) is 0. The van der Waals surface area contributed by atoms with Crippen LogP contribution in [0.5, 0.6) is 0 Å². The first-order valence-electron chi connectivity index (χ1n) is 4.20. The molecule has 0 saturated carbocycles. The minimum absolute atomic E-state index is 0.581. The Morgan fingerprint density at radius 3 is 1.75 bits per heavy atom. The highest BCUT2D eigenvalue weighted by Crippen LogP contribution is 2.21. The predicted molar refractivity (Wildman–Crippen MR) is 45.9 cm³/mol. The third-order valence-electron chi connectivity index (χ3n) is 2.42. The van der Waals surface area contributed by atoms with E-state index in [9.17, 15) is 10.2 Å². The SMILES string of the molecule is O[C@@H]1Cc2ccccc2C[C@@H]1O. The van der Waals surface area contributed by atoms with E-state index in [0.29, 0.717) is 12.8 Å². The molecule has 2 rings (SSSR count). The molecule has 1 aliphatic carbocycles. The van der Waals surface area contributed by atoms with Crippen molar-refractivity contribution in [1.29, 1.82) is 0 Å². The van der Waals surface area contributed by atoms with Gasteiger partial charge in [-0.25, -0.2) is 0 Å². The fraction of sp³-hybridized carbons (Fsp3) is 0.400. The predicted octanol–water partition coefficient (Wildman–Crippen LogP) is 0.507. The molecule has 0 aromatic heterocycles. The van der Waals surface area contributed by atoms with Gasteiger partial charge in [-0.3, -0.25) is 0 Å². The normalized spacial score (nSPS) is 28.2. The van der Waals surface area contributed by atoms with Gasteiger partial charge in [-0.1, -0.05) is 24.3 Å². The number of aliphatic hydroxyl groups excluding tert-OH is 2. The molecule has 0 unspecified atom stereocenters. The van der Waals surface area contributed by atoms with Gasteiger partial charge in [0.1, 0.15) is 0 Å². The minimum Gasteiger partial charge on any atom is -0.390 e. The van der Waals surface area contributed by atoms with Gasteiger partial charge in [0.25, 0.3) is 0 Å². The van der Waals surface area contributed by atoms with Gasteiger partial charge in [0.05, 0.1) is 12.2 Å². The lowest BCUT2D eigenvalue weighted by molar-refractivity contribution is 0.0141. The Kier molecular flexibility index (Phi) is 1.87. The quantitative estimate of drug-likeness (QED) is 0.586. The van der Waals surface area contributed by atoms with Crippen molar-refractivity contribution in [3.8, 4) is 0 Å². The average Bonchev–Trinajstić information content (AvgIpc) is 2.07. The summed E-state index contributed by atoms with van der Waals surface area (Å²) in [5.74, 6) is 0. The van der Waals surface area contributed by atoms with E-state index >= 15 is 0 Å². The highest BCUT2D eigenvalue weighted by molar-refractivity contribution is 5.30. The molecule has 64 valence electrons. The van der Waals surface area contributed by atoms with Crippen LogP contribution < -0.4 is 0 Å². The summed E-state index contributed by atoms with van der Waals surface area (Å²) < 4.78 is 0. The van der Waals surface area contributed by atoms with Crippen molar-refractivity contribution in [3.63, 3.8) is 0 Å². The summed E-state index contributed by atoms with van der Waals surface area (Å²) >= 11 is 0. The van der Waals surface area contributed by atoms with Crippen LogP contribution in [0.2, 0.25) is 0 Å². The fourth-order valence-corrected chi connectivity index (χ4v) is 1.68. The lowest BCUT2D eigenvalue weighted by atomic mass is 9.88. The van der Waals surface area contributed by atoms with Crippen LogP contribution in [0.25, 0.3) is 0 Å². The molecular formula is C10H12O2. The van der Waals surface area contributed by atoms with Crippen molar-refractivity contribution in [2.24, 2.45) is 0 Å². The summed E-state index contributed by atoms with van der Waals surface area (Å²) in [7, 11) is 0. The molecule has 2 nitrogen and oxygen atoms in total. The Morgan fingerprint density at radius 2 is 1.33 bits per heavy atom. The topological polar surface area (TPSA) is 40.5 Å². The van der Waals surface area contributed by atoms with Crippen molar-refractivity contribution in [1.82, 2.24) is 0 Å². The Labute approximate surface area is 71.5 Å². The van der Waals surface area contributed by atoms with E-state index in [1.807, 2.05) is 24.3 Å². The van der Waals surface area contributed by atoms with E-state index < -0.39 is 12.2 Å². The van der Waals surface area contributed by atoms with Crippen molar-refractivity contribution in [2.45, 2.75) is 25.0 Å². The van der Waals surface area contributed by atoms with Gasteiger partial charge in [-0.2, -0.15) is 0 Å². The lowest BCUT2D eigenvalue weighted by Gasteiger charge is -2.25. The molecule has 0 aliphatic heterocycles. The maximum absolute atomic E-state index is 9.37. The molecule has 0 fully saturated rings. The van der Waals surface area contributed by atoms with Crippen LogP contribution in [-0.2, 0) is 12.8 Å². The first-order chi connectivity index (χ1) is 5.77. The molecule has 1 aliphatic rings. The zero-order valence-corrected chi connectivity index (χ0v) is 6.77. The summed E-state index contributed by atoms with van der Waals surface area (Å²) in [4.78, 5) is 0. The van der Waals surface area contributed by atoms with E-state index in [4.69, 9.17) is 0 Å². The second-order valence-electron chi connectivity index (χ2n) is 3.31. The number of rotatable bonds is 0. The zero-order valence-electron chi connectivity index (χ0n) is 6.77. The molecule has 0 saturated heterocycles. The smallest absolute Gasteiger partial charge is 0.0842 e. The molecule has 12 heavy (non-hydrogen) atoms. The lowest BCUT2D eigenvalue weighted by Crippen LogP contribution is -2.34. The third kappa shape index (κ3) is 1.24. The van der Waals surface area contributed by atoms with Crippen LogP contribution in [0, 0.1) is 0 Å². The van der Waals surface area contributed by atoms with Gasteiger partial charge in [0, 0.05) is 12.8 Å². The highest BCUT2D eigenvalue weighted by Gasteiger charge is 2.23. The molecule has 0 radical (unpaired) electrons. The molecule has 0 bridgehead atoms. The van der Waals surface area contributed by atoms with Crippen LogP contribution in [-0.4, -0.2) is 22.4 Å². The molecule has 1 aromatic carbocycles. The van der Waals surface area contributed by atoms with Gasteiger partial charge in [-0.05, 0) is 11.1 Å². The standard InChI is InChI=1S/C10H12O2/c11-9-5-7-3-1-2-4-8(7)6-10(9)12/h1-4,9-12H,5-6H2/t9-,10+. The summed E-state index contributed by atoms with van der Waals surface area (Å²) in [6.07, 6.45) is -0.00546. The molecule has 2 atom stereocenters. The minimum atomic E-state index is -0.583. The second-order valence-corrected chi connectivity index (χ2v) is 3.31. The zero-order chi connectivity index (χ0) is 8.55. The number of aliphatic hydroxyl groups is 2.